The van der Waals surface area contributed by atoms with Crippen molar-refractivity contribution in [1.82, 2.24) is 9.97 Å². The van der Waals surface area contributed by atoms with Crippen LogP contribution < -0.4 is 5.56 Å². The SMILES string of the molecule is COC1(c2ncc(CBr)c(=O)[nH]2)CCC1. The molecule has 1 fully saturated rings. The summed E-state index contributed by atoms with van der Waals surface area (Å²) < 4.78 is 5.44. The van der Waals surface area contributed by atoms with Gasteiger partial charge in [-0.05, 0) is 19.3 Å². The van der Waals surface area contributed by atoms with E-state index in [1.807, 2.05) is 0 Å². The molecule has 1 aromatic rings. The zero-order chi connectivity index (χ0) is 10.9. The number of aromatic amines is 1. The highest BCUT2D eigenvalue weighted by Gasteiger charge is 2.41. The number of aromatic nitrogens is 2. The molecule has 1 aliphatic rings. The van der Waals surface area contributed by atoms with Crippen LogP contribution in [0, 0.1) is 0 Å². The Kier molecular flexibility index (Phi) is 2.93. The largest absolute Gasteiger partial charge is 0.370 e. The van der Waals surface area contributed by atoms with E-state index in [4.69, 9.17) is 4.74 Å². The molecule has 5 heteroatoms. The number of halogens is 1. The zero-order valence-electron chi connectivity index (χ0n) is 8.55. The summed E-state index contributed by atoms with van der Waals surface area (Å²) in [4.78, 5) is 18.7. The Labute approximate surface area is 96.2 Å². The number of hydrogen-bond acceptors (Lipinski definition) is 3. The number of rotatable bonds is 3. The second-order valence-corrected chi connectivity index (χ2v) is 4.33. The van der Waals surface area contributed by atoms with Gasteiger partial charge in [-0.3, -0.25) is 4.79 Å². The molecule has 2 rings (SSSR count). The van der Waals surface area contributed by atoms with Crippen molar-refractivity contribution >= 4 is 15.9 Å². The fraction of sp³-hybridized carbons (Fsp3) is 0.600. The third-order valence-corrected chi connectivity index (χ3v) is 3.60. The zero-order valence-corrected chi connectivity index (χ0v) is 10.1. The number of alkyl halides is 1. The van der Waals surface area contributed by atoms with Crippen molar-refractivity contribution in [2.24, 2.45) is 0 Å². The molecular weight excluding hydrogens is 260 g/mol. The Morgan fingerprint density at radius 2 is 2.40 bits per heavy atom. The molecule has 4 nitrogen and oxygen atoms in total. The van der Waals surface area contributed by atoms with E-state index >= 15 is 0 Å². The molecule has 0 spiro atoms. The highest BCUT2D eigenvalue weighted by Crippen LogP contribution is 2.42. The van der Waals surface area contributed by atoms with Gasteiger partial charge >= 0.3 is 0 Å². The van der Waals surface area contributed by atoms with Gasteiger partial charge in [-0.25, -0.2) is 4.98 Å². The summed E-state index contributed by atoms with van der Waals surface area (Å²) in [5.41, 5.74) is 0.216. The Balaban J connectivity index is 2.37. The number of nitrogens with one attached hydrogen (secondary N) is 1. The molecule has 1 aliphatic carbocycles. The van der Waals surface area contributed by atoms with E-state index in [1.165, 1.54) is 0 Å². The van der Waals surface area contributed by atoms with E-state index < -0.39 is 0 Å². The standard InChI is InChI=1S/C10H13BrN2O2/c1-15-10(3-2-4-10)9-12-6-7(5-11)8(14)13-9/h6H,2-5H2,1H3,(H,12,13,14). The molecule has 1 saturated carbocycles. The smallest absolute Gasteiger partial charge is 0.254 e. The Morgan fingerprint density at radius 3 is 2.80 bits per heavy atom. The molecule has 0 radical (unpaired) electrons. The highest BCUT2D eigenvalue weighted by molar-refractivity contribution is 9.08. The molecule has 0 aromatic carbocycles. The van der Waals surface area contributed by atoms with Crippen LogP contribution in [0.4, 0.5) is 0 Å². The normalized spacial score (nSPS) is 18.5. The van der Waals surface area contributed by atoms with Gasteiger partial charge in [0.15, 0.2) is 0 Å². The second kappa shape index (κ2) is 4.06. The minimum Gasteiger partial charge on any atom is -0.370 e. The van der Waals surface area contributed by atoms with Crippen molar-refractivity contribution in [3.63, 3.8) is 0 Å². The molecule has 82 valence electrons. The lowest BCUT2D eigenvalue weighted by Gasteiger charge is -2.39. The summed E-state index contributed by atoms with van der Waals surface area (Å²) in [6, 6.07) is 0. The molecule has 0 amide bonds. The number of methoxy groups -OCH3 is 1. The van der Waals surface area contributed by atoms with Gasteiger partial charge in [-0.15, -0.1) is 0 Å². The molecule has 0 saturated heterocycles. The second-order valence-electron chi connectivity index (χ2n) is 3.77. The molecule has 1 N–H and O–H groups in total. The predicted molar refractivity (Wildman–Crippen MR) is 60.0 cm³/mol. The first kappa shape index (κ1) is 10.8. The first-order chi connectivity index (χ1) is 7.22. The average Bonchev–Trinajstić information content (AvgIpc) is 2.17. The van der Waals surface area contributed by atoms with Crippen LogP contribution in [0.1, 0.15) is 30.7 Å². The summed E-state index contributed by atoms with van der Waals surface area (Å²) in [5.74, 6) is 0.658. The molecule has 1 heterocycles. The fourth-order valence-corrected chi connectivity index (χ4v) is 2.18. The summed E-state index contributed by atoms with van der Waals surface area (Å²) >= 11 is 3.24. The van der Waals surface area contributed by atoms with Gasteiger partial charge in [0.2, 0.25) is 0 Å². The van der Waals surface area contributed by atoms with Crippen molar-refractivity contribution in [1.29, 1.82) is 0 Å². The summed E-state index contributed by atoms with van der Waals surface area (Å²) in [6.45, 7) is 0. The lowest BCUT2D eigenvalue weighted by molar-refractivity contribution is -0.0848. The maximum absolute atomic E-state index is 11.6. The molecule has 0 bridgehead atoms. The maximum atomic E-state index is 11.6. The van der Waals surface area contributed by atoms with Crippen molar-refractivity contribution < 1.29 is 4.74 Å². The van der Waals surface area contributed by atoms with Crippen LogP contribution in [0.25, 0.3) is 0 Å². The van der Waals surface area contributed by atoms with E-state index in [0.29, 0.717) is 16.7 Å². The number of ether oxygens (including phenoxy) is 1. The van der Waals surface area contributed by atoms with Gasteiger partial charge in [0, 0.05) is 24.2 Å². The van der Waals surface area contributed by atoms with E-state index in [9.17, 15) is 4.79 Å². The van der Waals surface area contributed by atoms with Crippen LogP contribution >= 0.6 is 15.9 Å². The van der Waals surface area contributed by atoms with E-state index in [1.54, 1.807) is 13.3 Å². The van der Waals surface area contributed by atoms with E-state index in [0.717, 1.165) is 19.3 Å². The monoisotopic (exact) mass is 272 g/mol. The van der Waals surface area contributed by atoms with E-state index in [2.05, 4.69) is 25.9 Å². The topological polar surface area (TPSA) is 55.0 Å². The van der Waals surface area contributed by atoms with Crippen molar-refractivity contribution in [2.45, 2.75) is 30.2 Å². The van der Waals surface area contributed by atoms with Crippen molar-refractivity contribution in [2.75, 3.05) is 7.11 Å². The molecule has 15 heavy (non-hydrogen) atoms. The van der Waals surface area contributed by atoms with Gasteiger partial charge < -0.3 is 9.72 Å². The molecule has 0 unspecified atom stereocenters. The van der Waals surface area contributed by atoms with Crippen molar-refractivity contribution in [3.05, 3.63) is 27.9 Å². The Hall–Kier alpha value is -0.680. The van der Waals surface area contributed by atoms with Gasteiger partial charge in [0.05, 0.1) is 0 Å². The van der Waals surface area contributed by atoms with Crippen LogP contribution in [0.2, 0.25) is 0 Å². The minimum absolute atomic E-state index is 0.0831. The Bertz CT molecular complexity index is 407. The van der Waals surface area contributed by atoms with Gasteiger partial charge in [0.1, 0.15) is 11.4 Å². The number of hydrogen-bond donors (Lipinski definition) is 1. The summed E-state index contributed by atoms with van der Waals surface area (Å²) in [7, 11) is 1.66. The van der Waals surface area contributed by atoms with Crippen LogP contribution in [0.3, 0.4) is 0 Å². The first-order valence-electron chi connectivity index (χ1n) is 4.91. The predicted octanol–water partition coefficient (Wildman–Crippen LogP) is 1.69. The third-order valence-electron chi connectivity index (χ3n) is 3.00. The molecule has 0 aliphatic heterocycles. The van der Waals surface area contributed by atoms with Gasteiger partial charge in [-0.1, -0.05) is 15.9 Å². The average molecular weight is 273 g/mol. The molecular formula is C10H13BrN2O2. The molecule has 1 aromatic heterocycles. The lowest BCUT2D eigenvalue weighted by atomic mass is 9.79. The fourth-order valence-electron chi connectivity index (χ4n) is 1.78. The Morgan fingerprint density at radius 1 is 1.67 bits per heavy atom. The van der Waals surface area contributed by atoms with Gasteiger partial charge in [-0.2, -0.15) is 0 Å². The van der Waals surface area contributed by atoms with Crippen molar-refractivity contribution in [3.8, 4) is 0 Å². The first-order valence-corrected chi connectivity index (χ1v) is 6.04. The lowest BCUT2D eigenvalue weighted by Crippen LogP contribution is -2.39. The highest BCUT2D eigenvalue weighted by atomic mass is 79.9. The third kappa shape index (κ3) is 1.74. The van der Waals surface area contributed by atoms with E-state index in [-0.39, 0.29) is 11.2 Å². The number of H-pyrrole nitrogens is 1. The van der Waals surface area contributed by atoms with Gasteiger partial charge in [0.25, 0.3) is 5.56 Å². The summed E-state index contributed by atoms with van der Waals surface area (Å²) in [6.07, 6.45) is 4.60. The van der Waals surface area contributed by atoms with Crippen LogP contribution in [-0.4, -0.2) is 17.1 Å². The maximum Gasteiger partial charge on any atom is 0.254 e. The van der Waals surface area contributed by atoms with Crippen LogP contribution in [0.15, 0.2) is 11.0 Å². The molecule has 0 atom stereocenters. The van der Waals surface area contributed by atoms with Crippen LogP contribution in [-0.2, 0) is 15.7 Å². The number of nitrogens with zero attached hydrogens (tertiary/aromatic N) is 1. The quantitative estimate of drug-likeness (QED) is 0.853. The minimum atomic E-state index is -0.343. The van der Waals surface area contributed by atoms with Crippen LogP contribution in [0.5, 0.6) is 0 Å². The summed E-state index contributed by atoms with van der Waals surface area (Å²) in [5, 5.41) is 0.523.